The van der Waals surface area contributed by atoms with E-state index in [9.17, 15) is 18.3 Å². The SMILES string of the molecule is COc1cc(/C=C/C(=O)c2cccc(S(=O)(=O)Nc3ccccc3)c2)ccc1O. The molecule has 0 aliphatic rings. The number of rotatable bonds is 7. The van der Waals surface area contributed by atoms with E-state index in [2.05, 4.69) is 4.72 Å². The minimum absolute atomic E-state index is 0.000185. The van der Waals surface area contributed by atoms with Gasteiger partial charge in [-0.3, -0.25) is 9.52 Å². The topological polar surface area (TPSA) is 92.7 Å². The Balaban J connectivity index is 1.80. The monoisotopic (exact) mass is 409 g/mol. The number of hydrogen-bond donors (Lipinski definition) is 2. The second-order valence-electron chi connectivity index (χ2n) is 6.13. The number of benzene rings is 3. The van der Waals surface area contributed by atoms with Crippen LogP contribution in [0.5, 0.6) is 11.5 Å². The molecule has 0 atom stereocenters. The van der Waals surface area contributed by atoms with Crippen molar-refractivity contribution in [1.82, 2.24) is 0 Å². The standard InChI is InChI=1S/C22H19NO5S/c1-28-22-14-16(11-13-21(22)25)10-12-20(24)17-6-5-9-19(15-17)29(26,27)23-18-7-3-2-4-8-18/h2-15,23,25H,1H3/b12-10+. The van der Waals surface area contributed by atoms with Crippen LogP contribution in [0.1, 0.15) is 15.9 Å². The lowest BCUT2D eigenvalue weighted by molar-refractivity contribution is 0.104. The van der Waals surface area contributed by atoms with Crippen LogP contribution in [0.2, 0.25) is 0 Å². The molecule has 0 bridgehead atoms. The number of sulfonamides is 1. The Kier molecular flexibility index (Phi) is 5.99. The first-order chi connectivity index (χ1) is 13.9. The van der Waals surface area contributed by atoms with Gasteiger partial charge in [0.25, 0.3) is 10.0 Å². The predicted octanol–water partition coefficient (Wildman–Crippen LogP) is 4.10. The molecule has 0 aliphatic carbocycles. The quantitative estimate of drug-likeness (QED) is 0.453. The third kappa shape index (κ3) is 5.03. The summed E-state index contributed by atoms with van der Waals surface area (Å²) in [4.78, 5) is 12.5. The van der Waals surface area contributed by atoms with Crippen molar-refractivity contribution in [2.24, 2.45) is 0 Å². The number of aromatic hydroxyl groups is 1. The van der Waals surface area contributed by atoms with Crippen molar-refractivity contribution in [2.45, 2.75) is 4.90 Å². The molecule has 0 unspecified atom stereocenters. The van der Waals surface area contributed by atoms with E-state index < -0.39 is 10.0 Å². The van der Waals surface area contributed by atoms with Crippen molar-refractivity contribution in [3.8, 4) is 11.5 Å². The van der Waals surface area contributed by atoms with Crippen LogP contribution in [0.25, 0.3) is 6.08 Å². The minimum atomic E-state index is -3.82. The Hall–Kier alpha value is -3.58. The summed E-state index contributed by atoms with van der Waals surface area (Å²) in [5.74, 6) is -0.0618. The van der Waals surface area contributed by atoms with E-state index in [1.807, 2.05) is 0 Å². The lowest BCUT2D eigenvalue weighted by Crippen LogP contribution is -2.13. The number of ketones is 1. The zero-order chi connectivity index (χ0) is 20.9. The Labute approximate surface area is 169 Å². The van der Waals surface area contributed by atoms with Crippen molar-refractivity contribution < 1.29 is 23.1 Å². The van der Waals surface area contributed by atoms with Gasteiger partial charge in [-0.25, -0.2) is 8.42 Å². The van der Waals surface area contributed by atoms with Gasteiger partial charge in [0, 0.05) is 11.3 Å². The van der Waals surface area contributed by atoms with E-state index in [4.69, 9.17) is 4.74 Å². The second-order valence-corrected chi connectivity index (χ2v) is 7.81. The van der Waals surface area contributed by atoms with Crippen LogP contribution in [-0.4, -0.2) is 26.4 Å². The third-order valence-corrected chi connectivity index (χ3v) is 5.46. The average Bonchev–Trinajstić information content (AvgIpc) is 2.73. The van der Waals surface area contributed by atoms with Gasteiger partial charge in [-0.1, -0.05) is 42.5 Å². The fourth-order valence-corrected chi connectivity index (χ4v) is 3.71. The lowest BCUT2D eigenvalue weighted by atomic mass is 10.1. The van der Waals surface area contributed by atoms with E-state index in [1.165, 1.54) is 37.5 Å². The van der Waals surface area contributed by atoms with Crippen LogP contribution in [0.3, 0.4) is 0 Å². The normalized spacial score (nSPS) is 11.3. The van der Waals surface area contributed by atoms with Gasteiger partial charge < -0.3 is 9.84 Å². The maximum Gasteiger partial charge on any atom is 0.261 e. The zero-order valence-electron chi connectivity index (χ0n) is 15.6. The highest BCUT2D eigenvalue weighted by Crippen LogP contribution is 2.27. The summed E-state index contributed by atoms with van der Waals surface area (Å²) in [6.07, 6.45) is 2.90. The van der Waals surface area contributed by atoms with Gasteiger partial charge in [0.1, 0.15) is 0 Å². The fourth-order valence-electron chi connectivity index (χ4n) is 2.60. The first-order valence-electron chi connectivity index (χ1n) is 8.66. The number of allylic oxidation sites excluding steroid dienone is 1. The summed E-state index contributed by atoms with van der Waals surface area (Å²) in [5.41, 5.74) is 1.33. The molecule has 0 saturated carbocycles. The van der Waals surface area contributed by atoms with Gasteiger partial charge in [0.15, 0.2) is 17.3 Å². The molecule has 0 spiro atoms. The van der Waals surface area contributed by atoms with Gasteiger partial charge in [-0.2, -0.15) is 0 Å². The Morgan fingerprint density at radius 3 is 2.48 bits per heavy atom. The largest absolute Gasteiger partial charge is 0.504 e. The third-order valence-electron chi connectivity index (χ3n) is 4.09. The molecule has 0 fully saturated rings. The van der Waals surface area contributed by atoms with Crippen molar-refractivity contribution in [2.75, 3.05) is 11.8 Å². The van der Waals surface area contributed by atoms with Gasteiger partial charge >= 0.3 is 0 Å². The van der Waals surface area contributed by atoms with Crippen molar-refractivity contribution in [3.63, 3.8) is 0 Å². The van der Waals surface area contributed by atoms with E-state index in [0.717, 1.165) is 0 Å². The maximum atomic E-state index is 12.6. The number of methoxy groups -OCH3 is 1. The second kappa shape index (κ2) is 8.62. The number of anilines is 1. The van der Waals surface area contributed by atoms with E-state index >= 15 is 0 Å². The molecule has 3 rings (SSSR count). The van der Waals surface area contributed by atoms with E-state index in [0.29, 0.717) is 17.0 Å². The summed E-state index contributed by atoms with van der Waals surface area (Å²) >= 11 is 0. The highest BCUT2D eigenvalue weighted by atomic mass is 32.2. The first kappa shape index (κ1) is 20.2. The van der Waals surface area contributed by atoms with Crippen LogP contribution < -0.4 is 9.46 Å². The predicted molar refractivity (Wildman–Crippen MR) is 112 cm³/mol. The van der Waals surface area contributed by atoms with Crippen LogP contribution in [0.15, 0.2) is 83.8 Å². The van der Waals surface area contributed by atoms with Crippen LogP contribution in [0.4, 0.5) is 5.69 Å². The summed E-state index contributed by atoms with van der Waals surface area (Å²) in [6, 6.07) is 19.0. The molecule has 0 amide bonds. The molecule has 148 valence electrons. The molecule has 0 aromatic heterocycles. The molecular weight excluding hydrogens is 390 g/mol. The molecular formula is C22H19NO5S. The van der Waals surface area contributed by atoms with Gasteiger partial charge in [-0.05, 0) is 48.0 Å². The molecule has 6 nitrogen and oxygen atoms in total. The van der Waals surface area contributed by atoms with Gasteiger partial charge in [-0.15, -0.1) is 0 Å². The van der Waals surface area contributed by atoms with Gasteiger partial charge in [0.2, 0.25) is 0 Å². The number of carbonyl (C=O) groups is 1. The number of phenolic OH excluding ortho intramolecular Hbond substituents is 1. The zero-order valence-corrected chi connectivity index (χ0v) is 16.4. The molecule has 3 aromatic carbocycles. The summed E-state index contributed by atoms with van der Waals surface area (Å²) in [6.45, 7) is 0. The Morgan fingerprint density at radius 2 is 1.76 bits per heavy atom. The van der Waals surface area contributed by atoms with Crippen molar-refractivity contribution >= 4 is 27.6 Å². The number of carbonyl (C=O) groups excluding carboxylic acids is 1. The Bertz CT molecular complexity index is 1150. The van der Waals surface area contributed by atoms with E-state index in [-0.39, 0.29) is 22.0 Å². The summed E-state index contributed by atoms with van der Waals surface area (Å²) < 4.78 is 32.7. The fraction of sp³-hybridized carbons (Fsp3) is 0.0455. The van der Waals surface area contributed by atoms with Crippen LogP contribution in [-0.2, 0) is 10.0 Å². The average molecular weight is 409 g/mol. The maximum absolute atomic E-state index is 12.6. The minimum Gasteiger partial charge on any atom is -0.504 e. The number of ether oxygens (including phenoxy) is 1. The molecule has 0 aliphatic heterocycles. The first-order valence-corrected chi connectivity index (χ1v) is 10.1. The summed E-state index contributed by atoms with van der Waals surface area (Å²) in [7, 11) is -2.39. The lowest BCUT2D eigenvalue weighted by Gasteiger charge is -2.08. The molecule has 0 heterocycles. The smallest absolute Gasteiger partial charge is 0.261 e. The highest BCUT2D eigenvalue weighted by molar-refractivity contribution is 7.92. The molecule has 3 aromatic rings. The van der Waals surface area contributed by atoms with Crippen molar-refractivity contribution in [1.29, 1.82) is 0 Å². The van der Waals surface area contributed by atoms with Gasteiger partial charge in [0.05, 0.1) is 12.0 Å². The number of phenols is 1. The number of hydrogen-bond acceptors (Lipinski definition) is 5. The van der Waals surface area contributed by atoms with Crippen LogP contribution in [0, 0.1) is 0 Å². The van der Waals surface area contributed by atoms with E-state index in [1.54, 1.807) is 54.6 Å². The summed E-state index contributed by atoms with van der Waals surface area (Å²) in [5, 5.41) is 9.62. The molecule has 0 saturated heterocycles. The molecule has 2 N–H and O–H groups in total. The number of para-hydroxylation sites is 1. The molecule has 0 radical (unpaired) electrons. The Morgan fingerprint density at radius 1 is 1.00 bits per heavy atom. The molecule has 29 heavy (non-hydrogen) atoms. The molecule has 7 heteroatoms. The van der Waals surface area contributed by atoms with Crippen molar-refractivity contribution in [3.05, 3.63) is 90.0 Å². The number of nitrogens with one attached hydrogen (secondary N) is 1. The van der Waals surface area contributed by atoms with Crippen LogP contribution >= 0.6 is 0 Å². The highest BCUT2D eigenvalue weighted by Gasteiger charge is 2.16.